The highest BCUT2D eigenvalue weighted by molar-refractivity contribution is 5.94. The topological polar surface area (TPSA) is 79.7 Å². The van der Waals surface area contributed by atoms with Crippen molar-refractivity contribution < 1.29 is 27.8 Å². The average molecular weight is 575 g/mol. The number of anilines is 1. The molecular formula is C31H41F3N4O3. The maximum Gasteiger partial charge on any atom is 0.303 e. The molecule has 2 N–H and O–H groups in total. The molecule has 1 aliphatic heterocycles. The largest absolute Gasteiger partial charge is 0.493 e. The molecule has 0 amide bonds. The Morgan fingerprint density at radius 2 is 1.90 bits per heavy atom. The highest BCUT2D eigenvalue weighted by atomic mass is 19.3. The number of aliphatic hydroxyl groups is 1. The van der Waals surface area contributed by atoms with Gasteiger partial charge in [0.1, 0.15) is 29.7 Å². The number of benzene rings is 2. The summed E-state index contributed by atoms with van der Waals surface area (Å²) in [5.41, 5.74) is -1.79. The van der Waals surface area contributed by atoms with Gasteiger partial charge in [0.2, 0.25) is 0 Å². The van der Waals surface area contributed by atoms with Crippen LogP contribution in [-0.2, 0) is 5.92 Å². The van der Waals surface area contributed by atoms with E-state index < -0.39 is 28.9 Å². The minimum atomic E-state index is -3.80. The fraction of sp³-hybridized carbons (Fsp3) is 0.548. The highest BCUT2D eigenvalue weighted by Crippen LogP contribution is 2.43. The number of aryl methyl sites for hydroxylation is 2. The van der Waals surface area contributed by atoms with E-state index in [4.69, 9.17) is 9.47 Å². The minimum Gasteiger partial charge on any atom is -0.493 e. The molecule has 3 aromatic rings. The Morgan fingerprint density at radius 1 is 1.22 bits per heavy atom. The number of rotatable bonds is 9. The summed E-state index contributed by atoms with van der Waals surface area (Å²) in [6.07, 6.45) is 2.09. The minimum absolute atomic E-state index is 0.0180. The number of methoxy groups -OCH3 is 1. The van der Waals surface area contributed by atoms with Gasteiger partial charge in [-0.1, -0.05) is 12.1 Å². The van der Waals surface area contributed by atoms with Crippen LogP contribution in [0.15, 0.2) is 24.3 Å². The molecule has 7 nitrogen and oxygen atoms in total. The molecule has 4 rings (SSSR count). The Labute approximate surface area is 240 Å². The quantitative estimate of drug-likeness (QED) is 0.295. The Kier molecular flexibility index (Phi) is 8.23. The first-order valence-corrected chi connectivity index (χ1v) is 13.9. The van der Waals surface area contributed by atoms with Crippen LogP contribution in [0.1, 0.15) is 76.0 Å². The van der Waals surface area contributed by atoms with E-state index in [0.29, 0.717) is 40.7 Å². The molecule has 0 spiro atoms. The molecular weight excluding hydrogens is 533 g/mol. The van der Waals surface area contributed by atoms with Gasteiger partial charge in [-0.25, -0.2) is 14.4 Å². The molecule has 224 valence electrons. The molecule has 0 radical (unpaired) electrons. The SMILES string of the molecule is COc1c(OC[C@@H]2CCC(C)(C)N2C)cc2c(N[C@H](C)c3cccc(C(F)(F)C(C)(C)O)c3F)nc(C)nc2c1C. The van der Waals surface area contributed by atoms with Crippen molar-refractivity contribution in [3.05, 3.63) is 52.6 Å². The molecule has 1 aromatic heterocycles. The van der Waals surface area contributed by atoms with Crippen molar-refractivity contribution in [2.24, 2.45) is 0 Å². The van der Waals surface area contributed by atoms with Crippen molar-refractivity contribution in [3.8, 4) is 11.5 Å². The second-order valence-corrected chi connectivity index (χ2v) is 12.2. The van der Waals surface area contributed by atoms with Crippen LogP contribution >= 0.6 is 0 Å². The molecule has 0 saturated carbocycles. The molecule has 10 heteroatoms. The lowest BCUT2D eigenvalue weighted by atomic mass is 9.91. The van der Waals surface area contributed by atoms with Crippen LogP contribution in [0.3, 0.4) is 0 Å². The van der Waals surface area contributed by atoms with E-state index in [1.807, 2.05) is 13.0 Å². The van der Waals surface area contributed by atoms with Gasteiger partial charge in [0, 0.05) is 28.1 Å². The Balaban J connectivity index is 1.72. The number of hydrogen-bond donors (Lipinski definition) is 2. The number of likely N-dealkylation sites (tertiary alicyclic amines) is 1. The van der Waals surface area contributed by atoms with Gasteiger partial charge in [0.15, 0.2) is 11.5 Å². The van der Waals surface area contributed by atoms with Gasteiger partial charge in [-0.2, -0.15) is 8.78 Å². The molecule has 2 aromatic carbocycles. The lowest BCUT2D eigenvalue weighted by molar-refractivity contribution is -0.170. The summed E-state index contributed by atoms with van der Waals surface area (Å²) in [6, 6.07) is 5.11. The zero-order valence-corrected chi connectivity index (χ0v) is 25.3. The van der Waals surface area contributed by atoms with Crippen molar-refractivity contribution in [1.82, 2.24) is 14.9 Å². The molecule has 0 bridgehead atoms. The van der Waals surface area contributed by atoms with E-state index >= 15 is 4.39 Å². The number of halogens is 3. The van der Waals surface area contributed by atoms with Crippen molar-refractivity contribution in [2.45, 2.75) is 90.5 Å². The van der Waals surface area contributed by atoms with E-state index in [-0.39, 0.29) is 17.1 Å². The predicted octanol–water partition coefficient (Wildman–Crippen LogP) is 6.68. The van der Waals surface area contributed by atoms with Crippen LogP contribution in [0, 0.1) is 19.7 Å². The predicted molar refractivity (Wildman–Crippen MR) is 155 cm³/mol. The van der Waals surface area contributed by atoms with E-state index in [1.54, 1.807) is 21.0 Å². The second-order valence-electron chi connectivity index (χ2n) is 12.2. The van der Waals surface area contributed by atoms with Gasteiger partial charge >= 0.3 is 5.92 Å². The number of ether oxygens (including phenoxy) is 2. The number of aromatic nitrogens is 2. The average Bonchev–Trinajstić information content (AvgIpc) is 3.14. The van der Waals surface area contributed by atoms with Crippen LogP contribution in [0.2, 0.25) is 0 Å². The maximum atomic E-state index is 15.5. The van der Waals surface area contributed by atoms with Crippen LogP contribution < -0.4 is 14.8 Å². The number of nitrogens with zero attached hydrogens (tertiary/aromatic N) is 3. The monoisotopic (exact) mass is 574 g/mol. The number of fused-ring (bicyclic) bond motifs is 1. The number of likely N-dealkylation sites (N-methyl/N-ethyl adjacent to an activating group) is 1. The Hall–Kier alpha value is -3.11. The molecule has 2 atom stereocenters. The van der Waals surface area contributed by atoms with E-state index in [9.17, 15) is 13.9 Å². The Bertz CT molecular complexity index is 1440. The summed E-state index contributed by atoms with van der Waals surface area (Å²) in [7, 11) is 3.69. The van der Waals surface area contributed by atoms with Crippen LogP contribution in [-0.4, -0.2) is 57.9 Å². The summed E-state index contributed by atoms with van der Waals surface area (Å²) < 4.78 is 57.4. The second kappa shape index (κ2) is 10.9. The summed E-state index contributed by atoms with van der Waals surface area (Å²) in [5.74, 6) is -2.88. The highest BCUT2D eigenvalue weighted by Gasteiger charge is 2.49. The van der Waals surface area contributed by atoms with Crippen LogP contribution in [0.25, 0.3) is 10.9 Å². The fourth-order valence-corrected chi connectivity index (χ4v) is 5.47. The fourth-order valence-electron chi connectivity index (χ4n) is 5.47. The van der Waals surface area contributed by atoms with Crippen molar-refractivity contribution in [3.63, 3.8) is 0 Å². The van der Waals surface area contributed by atoms with Crippen LogP contribution in [0.5, 0.6) is 11.5 Å². The summed E-state index contributed by atoms with van der Waals surface area (Å²) >= 11 is 0. The number of hydrogen-bond acceptors (Lipinski definition) is 7. The first kappa shape index (κ1) is 30.8. The van der Waals surface area contributed by atoms with Gasteiger partial charge in [-0.15, -0.1) is 0 Å². The third-order valence-corrected chi connectivity index (χ3v) is 8.43. The number of nitrogens with one attached hydrogen (secondary N) is 1. The lowest BCUT2D eigenvalue weighted by Gasteiger charge is -2.32. The van der Waals surface area contributed by atoms with Crippen LogP contribution in [0.4, 0.5) is 19.0 Å². The molecule has 0 aliphatic carbocycles. The zero-order valence-electron chi connectivity index (χ0n) is 25.3. The molecule has 2 heterocycles. The molecule has 1 saturated heterocycles. The Morgan fingerprint density at radius 3 is 2.49 bits per heavy atom. The smallest absolute Gasteiger partial charge is 0.303 e. The van der Waals surface area contributed by atoms with Gasteiger partial charge in [0.05, 0.1) is 24.2 Å². The van der Waals surface area contributed by atoms with Crippen molar-refractivity contribution in [2.75, 3.05) is 26.1 Å². The maximum absolute atomic E-state index is 15.5. The molecule has 41 heavy (non-hydrogen) atoms. The normalized spacial score (nSPS) is 18.5. The molecule has 1 fully saturated rings. The first-order chi connectivity index (χ1) is 19.0. The first-order valence-electron chi connectivity index (χ1n) is 13.9. The van der Waals surface area contributed by atoms with E-state index in [0.717, 1.165) is 38.3 Å². The van der Waals surface area contributed by atoms with Gasteiger partial charge in [-0.05, 0) is 80.5 Å². The van der Waals surface area contributed by atoms with Crippen molar-refractivity contribution in [1.29, 1.82) is 0 Å². The zero-order chi connectivity index (χ0) is 30.5. The summed E-state index contributed by atoms with van der Waals surface area (Å²) in [6.45, 7) is 12.1. The standard InChI is InChI=1S/C31H41F3N4O3/c1-17-26-22(15-24(27(17)40-9)41-16-20-13-14-29(4,5)38(20)8)28(37-19(3)36-26)35-18(2)21-11-10-12-23(25(21)32)31(33,34)30(6,7)39/h10-12,15,18,20,39H,13-14,16H2,1-9H3,(H,35,36,37)/t18-,20+/m1/s1. The number of alkyl halides is 2. The van der Waals surface area contributed by atoms with Gasteiger partial charge in [0.25, 0.3) is 0 Å². The summed E-state index contributed by atoms with van der Waals surface area (Å²) in [4.78, 5) is 11.5. The third kappa shape index (κ3) is 5.68. The lowest BCUT2D eigenvalue weighted by Crippen LogP contribution is -2.41. The van der Waals surface area contributed by atoms with Gasteiger partial charge < -0.3 is 19.9 Å². The third-order valence-electron chi connectivity index (χ3n) is 8.43. The van der Waals surface area contributed by atoms with E-state index in [1.165, 1.54) is 12.1 Å². The van der Waals surface area contributed by atoms with Gasteiger partial charge in [-0.3, -0.25) is 4.90 Å². The van der Waals surface area contributed by atoms with E-state index in [2.05, 4.69) is 41.1 Å². The summed E-state index contributed by atoms with van der Waals surface area (Å²) in [5, 5.41) is 13.8. The van der Waals surface area contributed by atoms with Crippen molar-refractivity contribution >= 4 is 16.7 Å². The molecule has 0 unspecified atom stereocenters. The molecule has 1 aliphatic rings.